The lowest BCUT2D eigenvalue weighted by Gasteiger charge is -2.04. The highest BCUT2D eigenvalue weighted by Crippen LogP contribution is 2.39. The normalized spacial score (nSPS) is 14.7. The molecule has 1 fully saturated rings. The van der Waals surface area contributed by atoms with Gasteiger partial charge in [-0.05, 0) is 31.0 Å². The van der Waals surface area contributed by atoms with E-state index in [4.69, 9.17) is 0 Å². The molecule has 3 heteroatoms. The molecule has 0 amide bonds. The molecule has 1 aromatic carbocycles. The summed E-state index contributed by atoms with van der Waals surface area (Å²) in [4.78, 5) is 11.7. The molecule has 0 saturated heterocycles. The standard InChI is InChI=1S/C15H16N2O/c1-2-15(18)12-4-3-5-13(10-12)17-9-8-14(16-17)11-6-7-11/h3-5,8-11H,2,6-7H2,1H3. The molecule has 1 saturated carbocycles. The minimum atomic E-state index is 0.173. The molecule has 1 heterocycles. The highest BCUT2D eigenvalue weighted by molar-refractivity contribution is 5.96. The summed E-state index contributed by atoms with van der Waals surface area (Å²) in [6.07, 6.45) is 5.02. The number of hydrogen-bond donors (Lipinski definition) is 0. The van der Waals surface area contributed by atoms with Crippen LogP contribution in [0.15, 0.2) is 36.5 Å². The van der Waals surface area contributed by atoms with E-state index in [1.807, 2.05) is 42.1 Å². The maximum atomic E-state index is 11.7. The topological polar surface area (TPSA) is 34.9 Å². The Labute approximate surface area is 106 Å². The zero-order chi connectivity index (χ0) is 12.5. The van der Waals surface area contributed by atoms with Crippen LogP contribution in [0.5, 0.6) is 0 Å². The molecule has 0 unspecified atom stereocenters. The lowest BCUT2D eigenvalue weighted by molar-refractivity contribution is 0.0988. The molecular formula is C15H16N2O. The van der Waals surface area contributed by atoms with Gasteiger partial charge in [-0.25, -0.2) is 4.68 Å². The second-order valence-corrected chi connectivity index (χ2v) is 4.79. The number of Topliss-reactive ketones (excluding diaryl/α,β-unsaturated/α-hetero) is 1. The van der Waals surface area contributed by atoms with Crippen molar-refractivity contribution in [1.29, 1.82) is 0 Å². The van der Waals surface area contributed by atoms with E-state index in [-0.39, 0.29) is 5.78 Å². The van der Waals surface area contributed by atoms with Gasteiger partial charge in [-0.15, -0.1) is 0 Å². The van der Waals surface area contributed by atoms with Crippen molar-refractivity contribution in [2.24, 2.45) is 0 Å². The molecule has 0 radical (unpaired) electrons. The minimum absolute atomic E-state index is 0.173. The first-order valence-corrected chi connectivity index (χ1v) is 6.47. The van der Waals surface area contributed by atoms with Gasteiger partial charge in [0.1, 0.15) is 0 Å². The van der Waals surface area contributed by atoms with Gasteiger partial charge in [0, 0.05) is 24.1 Å². The Morgan fingerprint density at radius 3 is 2.94 bits per heavy atom. The van der Waals surface area contributed by atoms with Gasteiger partial charge in [0.2, 0.25) is 0 Å². The molecule has 1 aliphatic carbocycles. The molecule has 1 aliphatic rings. The predicted octanol–water partition coefficient (Wildman–Crippen LogP) is 3.34. The van der Waals surface area contributed by atoms with Crippen molar-refractivity contribution in [3.63, 3.8) is 0 Å². The highest BCUT2D eigenvalue weighted by Gasteiger charge is 2.25. The van der Waals surface area contributed by atoms with E-state index < -0.39 is 0 Å². The Hall–Kier alpha value is -1.90. The summed E-state index contributed by atoms with van der Waals surface area (Å²) < 4.78 is 1.86. The molecule has 1 aromatic heterocycles. The lowest BCUT2D eigenvalue weighted by Crippen LogP contribution is -2.00. The third kappa shape index (κ3) is 2.08. The van der Waals surface area contributed by atoms with Gasteiger partial charge in [-0.1, -0.05) is 19.1 Å². The molecular weight excluding hydrogens is 224 g/mol. The fraction of sp³-hybridized carbons (Fsp3) is 0.333. The van der Waals surface area contributed by atoms with Crippen LogP contribution < -0.4 is 0 Å². The predicted molar refractivity (Wildman–Crippen MR) is 70.2 cm³/mol. The van der Waals surface area contributed by atoms with Crippen LogP contribution in [0.25, 0.3) is 5.69 Å². The van der Waals surface area contributed by atoms with Crippen LogP contribution in [-0.2, 0) is 0 Å². The van der Waals surface area contributed by atoms with E-state index in [1.54, 1.807) is 0 Å². The van der Waals surface area contributed by atoms with Gasteiger partial charge >= 0.3 is 0 Å². The zero-order valence-corrected chi connectivity index (χ0v) is 10.5. The fourth-order valence-electron chi connectivity index (χ4n) is 2.10. The van der Waals surface area contributed by atoms with E-state index in [1.165, 1.54) is 18.5 Å². The number of aromatic nitrogens is 2. The third-order valence-corrected chi connectivity index (χ3v) is 3.36. The second-order valence-electron chi connectivity index (χ2n) is 4.79. The van der Waals surface area contributed by atoms with Crippen molar-refractivity contribution >= 4 is 5.78 Å². The molecule has 18 heavy (non-hydrogen) atoms. The Kier molecular flexibility index (Phi) is 2.74. The van der Waals surface area contributed by atoms with Crippen LogP contribution in [-0.4, -0.2) is 15.6 Å². The van der Waals surface area contributed by atoms with E-state index >= 15 is 0 Å². The first kappa shape index (κ1) is 11.2. The molecule has 0 aliphatic heterocycles. The van der Waals surface area contributed by atoms with Crippen molar-refractivity contribution in [2.75, 3.05) is 0 Å². The maximum absolute atomic E-state index is 11.7. The number of carbonyl (C=O) groups excluding carboxylic acids is 1. The van der Waals surface area contributed by atoms with Crippen LogP contribution >= 0.6 is 0 Å². The van der Waals surface area contributed by atoms with Gasteiger partial charge in [0.05, 0.1) is 11.4 Å². The van der Waals surface area contributed by atoms with Crippen LogP contribution in [0.2, 0.25) is 0 Å². The number of benzene rings is 1. The van der Waals surface area contributed by atoms with Gasteiger partial charge in [0.25, 0.3) is 0 Å². The molecule has 0 atom stereocenters. The maximum Gasteiger partial charge on any atom is 0.162 e. The van der Waals surface area contributed by atoms with E-state index in [2.05, 4.69) is 11.2 Å². The number of hydrogen-bond acceptors (Lipinski definition) is 2. The van der Waals surface area contributed by atoms with E-state index in [9.17, 15) is 4.79 Å². The van der Waals surface area contributed by atoms with Crippen LogP contribution in [0, 0.1) is 0 Å². The Morgan fingerprint density at radius 1 is 1.39 bits per heavy atom. The second kappa shape index (κ2) is 4.41. The third-order valence-electron chi connectivity index (χ3n) is 3.36. The summed E-state index contributed by atoms with van der Waals surface area (Å²) >= 11 is 0. The summed E-state index contributed by atoms with van der Waals surface area (Å²) in [7, 11) is 0. The van der Waals surface area contributed by atoms with Crippen LogP contribution in [0.1, 0.15) is 48.2 Å². The summed E-state index contributed by atoms with van der Waals surface area (Å²) in [6, 6.07) is 9.74. The van der Waals surface area contributed by atoms with Crippen molar-refractivity contribution < 1.29 is 4.79 Å². The van der Waals surface area contributed by atoms with Crippen molar-refractivity contribution in [3.05, 3.63) is 47.8 Å². The summed E-state index contributed by atoms with van der Waals surface area (Å²) in [6.45, 7) is 1.88. The summed E-state index contributed by atoms with van der Waals surface area (Å²) in [5.41, 5.74) is 2.89. The highest BCUT2D eigenvalue weighted by atomic mass is 16.1. The number of carbonyl (C=O) groups is 1. The fourth-order valence-corrected chi connectivity index (χ4v) is 2.10. The SMILES string of the molecule is CCC(=O)c1cccc(-n2ccc(C3CC3)n2)c1. The lowest BCUT2D eigenvalue weighted by atomic mass is 10.1. The molecule has 92 valence electrons. The molecule has 3 rings (SSSR count). The van der Waals surface area contributed by atoms with Gasteiger partial charge in [-0.2, -0.15) is 5.10 Å². The Balaban J connectivity index is 1.92. The average molecular weight is 240 g/mol. The number of ketones is 1. The van der Waals surface area contributed by atoms with E-state index in [0.29, 0.717) is 12.3 Å². The largest absolute Gasteiger partial charge is 0.294 e. The summed E-state index contributed by atoms with van der Waals surface area (Å²) in [5, 5.41) is 4.57. The van der Waals surface area contributed by atoms with Crippen LogP contribution in [0.3, 0.4) is 0 Å². The first-order valence-electron chi connectivity index (χ1n) is 6.47. The van der Waals surface area contributed by atoms with Crippen molar-refractivity contribution in [3.8, 4) is 5.69 Å². The van der Waals surface area contributed by atoms with E-state index in [0.717, 1.165) is 11.3 Å². The zero-order valence-electron chi connectivity index (χ0n) is 10.5. The smallest absolute Gasteiger partial charge is 0.162 e. The molecule has 0 bridgehead atoms. The monoisotopic (exact) mass is 240 g/mol. The number of rotatable bonds is 4. The van der Waals surface area contributed by atoms with Crippen LogP contribution in [0.4, 0.5) is 0 Å². The van der Waals surface area contributed by atoms with Gasteiger partial charge in [0.15, 0.2) is 5.78 Å². The Morgan fingerprint density at radius 2 is 2.22 bits per heavy atom. The molecule has 0 N–H and O–H groups in total. The van der Waals surface area contributed by atoms with Crippen molar-refractivity contribution in [2.45, 2.75) is 32.1 Å². The van der Waals surface area contributed by atoms with Gasteiger partial charge in [-0.3, -0.25) is 4.79 Å². The van der Waals surface area contributed by atoms with Gasteiger partial charge < -0.3 is 0 Å². The molecule has 0 spiro atoms. The molecule has 2 aromatic rings. The first-order chi connectivity index (χ1) is 8.78. The molecule has 3 nitrogen and oxygen atoms in total. The Bertz CT molecular complexity index is 582. The summed E-state index contributed by atoms with van der Waals surface area (Å²) in [5.74, 6) is 0.832. The van der Waals surface area contributed by atoms with Crippen molar-refractivity contribution in [1.82, 2.24) is 9.78 Å². The minimum Gasteiger partial charge on any atom is -0.294 e. The quantitative estimate of drug-likeness (QED) is 0.768. The number of nitrogens with zero attached hydrogens (tertiary/aromatic N) is 2. The average Bonchev–Trinajstić information content (AvgIpc) is 3.15.